The SMILES string of the molecule is C=C1/C(=C\C(=C/CCC)C(=N)/C(C)=C(/NC(=O)N[C@H](C)CO)Nc2ccccc2)NNN1C. The molecule has 9 heteroatoms. The van der Waals surface area contributed by atoms with E-state index < -0.39 is 12.1 Å². The van der Waals surface area contributed by atoms with Gasteiger partial charge in [-0.05, 0) is 44.1 Å². The molecule has 33 heavy (non-hydrogen) atoms. The van der Waals surface area contributed by atoms with Crippen LogP contribution >= 0.6 is 0 Å². The number of carbonyl (C=O) groups excluding carboxylic acids is 1. The topological polar surface area (TPSA) is 125 Å². The Morgan fingerprint density at radius 3 is 2.61 bits per heavy atom. The van der Waals surface area contributed by atoms with Gasteiger partial charge < -0.3 is 21.2 Å². The number of allylic oxidation sites excluding steroid dienone is 4. The van der Waals surface area contributed by atoms with Crippen LogP contribution in [0.25, 0.3) is 0 Å². The molecule has 178 valence electrons. The van der Waals surface area contributed by atoms with E-state index in [0.29, 0.717) is 17.0 Å². The average molecular weight is 454 g/mol. The first kappa shape index (κ1) is 25.7. The molecule has 0 bridgehead atoms. The van der Waals surface area contributed by atoms with Crippen molar-refractivity contribution in [2.24, 2.45) is 0 Å². The molecule has 0 radical (unpaired) electrons. The van der Waals surface area contributed by atoms with Crippen molar-refractivity contribution in [1.82, 2.24) is 26.6 Å². The third-order valence-corrected chi connectivity index (χ3v) is 5.00. The van der Waals surface area contributed by atoms with Gasteiger partial charge in [0.2, 0.25) is 0 Å². The Kier molecular flexibility index (Phi) is 9.71. The molecule has 1 aromatic carbocycles. The van der Waals surface area contributed by atoms with Gasteiger partial charge in [0, 0.05) is 18.3 Å². The number of anilines is 1. The Morgan fingerprint density at radius 2 is 2.03 bits per heavy atom. The van der Waals surface area contributed by atoms with Crippen molar-refractivity contribution in [1.29, 1.82) is 5.41 Å². The zero-order chi connectivity index (χ0) is 24.4. The standard InChI is InChI=1S/C24H35N7O2/c1-6-7-11-19(14-21-18(4)31(5)30-29-21)22(25)17(3)23(27-20-12-9-8-10-13-20)28-24(33)26-16(2)15-32/h8-14,16,25,27,29-30,32H,4,6-7,15H2,1-3,5H3,(H2,26,28,33)/b19-11+,21-14+,23-17+,25-22?/t16-/m1/s1. The molecule has 2 rings (SSSR count). The summed E-state index contributed by atoms with van der Waals surface area (Å²) in [5, 5.41) is 28.6. The van der Waals surface area contributed by atoms with E-state index in [4.69, 9.17) is 5.41 Å². The molecule has 0 aromatic heterocycles. The number of hydrazine groups is 2. The number of nitrogens with one attached hydrogen (secondary N) is 6. The van der Waals surface area contributed by atoms with Crippen molar-refractivity contribution in [2.45, 2.75) is 39.7 Å². The van der Waals surface area contributed by atoms with Crippen molar-refractivity contribution in [3.05, 3.63) is 77.4 Å². The van der Waals surface area contributed by atoms with E-state index in [1.807, 2.05) is 49.5 Å². The summed E-state index contributed by atoms with van der Waals surface area (Å²) in [6.45, 7) is 9.43. The molecule has 1 aliphatic rings. The summed E-state index contributed by atoms with van der Waals surface area (Å²) in [6, 6.07) is 8.52. The van der Waals surface area contributed by atoms with Gasteiger partial charge in [0.25, 0.3) is 0 Å². The molecule has 7 N–H and O–H groups in total. The lowest BCUT2D eigenvalue weighted by Crippen LogP contribution is -2.43. The van der Waals surface area contributed by atoms with Gasteiger partial charge in [-0.2, -0.15) is 0 Å². The average Bonchev–Trinajstić information content (AvgIpc) is 3.12. The van der Waals surface area contributed by atoms with E-state index in [2.05, 4.69) is 40.4 Å². The largest absolute Gasteiger partial charge is 0.394 e. The van der Waals surface area contributed by atoms with Crippen molar-refractivity contribution in [2.75, 3.05) is 19.0 Å². The Hall–Kier alpha value is -3.56. The number of amides is 2. The van der Waals surface area contributed by atoms with Gasteiger partial charge in [-0.25, -0.2) is 4.79 Å². The van der Waals surface area contributed by atoms with Crippen LogP contribution in [0.2, 0.25) is 0 Å². The monoisotopic (exact) mass is 453 g/mol. The summed E-state index contributed by atoms with van der Waals surface area (Å²) in [5.41, 5.74) is 9.81. The van der Waals surface area contributed by atoms with Gasteiger partial charge in [0.1, 0.15) is 5.82 Å². The maximum atomic E-state index is 12.5. The summed E-state index contributed by atoms with van der Waals surface area (Å²) >= 11 is 0. The number of nitrogens with zero attached hydrogens (tertiary/aromatic N) is 1. The highest BCUT2D eigenvalue weighted by Crippen LogP contribution is 2.20. The van der Waals surface area contributed by atoms with E-state index in [1.54, 1.807) is 18.9 Å². The van der Waals surface area contributed by atoms with Crippen LogP contribution in [0, 0.1) is 5.41 Å². The van der Waals surface area contributed by atoms with Crippen molar-refractivity contribution >= 4 is 17.4 Å². The number of rotatable bonds is 10. The highest BCUT2D eigenvalue weighted by Gasteiger charge is 2.19. The summed E-state index contributed by atoms with van der Waals surface area (Å²) in [4.78, 5) is 12.5. The molecular formula is C24H35N7O2. The normalized spacial score (nSPS) is 16.8. The van der Waals surface area contributed by atoms with Gasteiger partial charge in [-0.1, -0.05) is 44.2 Å². The molecule has 2 amide bonds. The van der Waals surface area contributed by atoms with Gasteiger partial charge in [0.15, 0.2) is 0 Å². The number of likely N-dealkylation sites (N-methyl/N-ethyl adjacent to an activating group) is 1. The molecule has 1 aromatic rings. The molecule has 0 spiro atoms. The predicted octanol–water partition coefficient (Wildman–Crippen LogP) is 3.11. The number of unbranched alkanes of at least 4 members (excludes halogenated alkanes) is 1. The first-order chi connectivity index (χ1) is 15.8. The van der Waals surface area contributed by atoms with Gasteiger partial charge in [-0.15, -0.1) is 5.53 Å². The third-order valence-electron chi connectivity index (χ3n) is 5.00. The first-order valence-corrected chi connectivity index (χ1v) is 10.9. The van der Waals surface area contributed by atoms with Crippen LogP contribution in [0.1, 0.15) is 33.6 Å². The maximum Gasteiger partial charge on any atom is 0.320 e. The van der Waals surface area contributed by atoms with E-state index >= 15 is 0 Å². The van der Waals surface area contributed by atoms with Crippen LogP contribution in [0.15, 0.2) is 77.4 Å². The Bertz CT molecular complexity index is 951. The van der Waals surface area contributed by atoms with Crippen LogP contribution in [0.3, 0.4) is 0 Å². The predicted molar refractivity (Wildman–Crippen MR) is 133 cm³/mol. The highest BCUT2D eigenvalue weighted by molar-refractivity contribution is 6.12. The number of aliphatic hydroxyl groups excluding tert-OH is 1. The molecule has 9 nitrogen and oxygen atoms in total. The molecule has 1 aliphatic heterocycles. The second-order valence-corrected chi connectivity index (χ2v) is 7.80. The molecule has 0 aliphatic carbocycles. The minimum Gasteiger partial charge on any atom is -0.394 e. The number of carbonyl (C=O) groups is 1. The van der Waals surface area contributed by atoms with E-state index in [0.717, 1.165) is 29.9 Å². The van der Waals surface area contributed by atoms with Crippen LogP contribution in [-0.4, -0.2) is 41.6 Å². The number of benzene rings is 1. The lowest BCUT2D eigenvalue weighted by molar-refractivity contribution is 0.222. The van der Waals surface area contributed by atoms with Crippen molar-refractivity contribution in [3.63, 3.8) is 0 Å². The fraction of sp³-hybridized carbons (Fsp3) is 0.333. The maximum absolute atomic E-state index is 12.5. The van der Waals surface area contributed by atoms with Crippen LogP contribution in [0.5, 0.6) is 0 Å². The fourth-order valence-corrected chi connectivity index (χ4v) is 2.92. The summed E-state index contributed by atoms with van der Waals surface area (Å²) < 4.78 is 0. The number of aliphatic hydroxyl groups is 1. The number of hydrogen-bond acceptors (Lipinski definition) is 7. The molecule has 1 heterocycles. The van der Waals surface area contributed by atoms with E-state index in [1.165, 1.54) is 0 Å². The number of para-hydroxylation sites is 1. The second kappa shape index (κ2) is 12.5. The number of urea groups is 1. The minimum absolute atomic E-state index is 0.176. The minimum atomic E-state index is -0.476. The lowest BCUT2D eigenvalue weighted by Gasteiger charge is -2.19. The van der Waals surface area contributed by atoms with Crippen LogP contribution in [0.4, 0.5) is 10.5 Å². The quantitative estimate of drug-likeness (QED) is 0.273. The molecule has 1 saturated heterocycles. The highest BCUT2D eigenvalue weighted by atomic mass is 16.3. The lowest BCUT2D eigenvalue weighted by atomic mass is 10.00. The Balaban J connectivity index is 2.41. The van der Waals surface area contributed by atoms with Gasteiger partial charge in [0.05, 0.1) is 29.8 Å². The zero-order valence-electron chi connectivity index (χ0n) is 19.7. The Labute approximate surface area is 195 Å². The van der Waals surface area contributed by atoms with Crippen molar-refractivity contribution in [3.8, 4) is 0 Å². The van der Waals surface area contributed by atoms with Crippen LogP contribution in [-0.2, 0) is 0 Å². The summed E-state index contributed by atoms with van der Waals surface area (Å²) in [6.07, 6.45) is 5.60. The molecule has 0 unspecified atom stereocenters. The second-order valence-electron chi connectivity index (χ2n) is 7.80. The smallest absolute Gasteiger partial charge is 0.320 e. The molecule has 1 atom stereocenters. The zero-order valence-corrected chi connectivity index (χ0v) is 19.7. The Morgan fingerprint density at radius 1 is 1.33 bits per heavy atom. The van der Waals surface area contributed by atoms with Gasteiger partial charge >= 0.3 is 6.03 Å². The first-order valence-electron chi connectivity index (χ1n) is 10.9. The molecular weight excluding hydrogens is 418 g/mol. The third kappa shape index (κ3) is 7.51. The van der Waals surface area contributed by atoms with Gasteiger partial charge in [-0.3, -0.25) is 15.7 Å². The van der Waals surface area contributed by atoms with E-state index in [-0.39, 0.29) is 12.3 Å². The molecule has 0 saturated carbocycles. The molecule has 1 fully saturated rings. The summed E-state index contributed by atoms with van der Waals surface area (Å²) in [7, 11) is 1.85. The summed E-state index contributed by atoms with van der Waals surface area (Å²) in [5.74, 6) is 0.378. The number of hydrogen-bond donors (Lipinski definition) is 7. The van der Waals surface area contributed by atoms with Crippen molar-refractivity contribution < 1.29 is 9.90 Å². The van der Waals surface area contributed by atoms with E-state index in [9.17, 15) is 9.90 Å². The fourth-order valence-electron chi connectivity index (χ4n) is 2.92. The van der Waals surface area contributed by atoms with Crippen LogP contribution < -0.4 is 26.9 Å².